The summed E-state index contributed by atoms with van der Waals surface area (Å²) < 4.78 is 5.44. The van der Waals surface area contributed by atoms with E-state index >= 15 is 0 Å². The van der Waals surface area contributed by atoms with Crippen molar-refractivity contribution in [3.63, 3.8) is 0 Å². The number of fused-ring (bicyclic) bond motifs is 3. The summed E-state index contributed by atoms with van der Waals surface area (Å²) in [7, 11) is 0. The highest BCUT2D eigenvalue weighted by Crippen LogP contribution is 2.44. The molecule has 1 amide bonds. The van der Waals surface area contributed by atoms with Crippen molar-refractivity contribution in [3.8, 4) is 11.1 Å². The van der Waals surface area contributed by atoms with Gasteiger partial charge in [-0.25, -0.2) is 4.79 Å². The number of hydrogen-bond donors (Lipinski definition) is 3. The number of amides is 1. The van der Waals surface area contributed by atoms with E-state index in [9.17, 15) is 19.8 Å². The number of Topliss-reactive ketones (excluding diaryl/α,β-unsaturated/α-hetero) is 1. The zero-order valence-corrected chi connectivity index (χ0v) is 18.8. The maximum atomic E-state index is 12.3. The number of carbonyl (C=O) groups excluding carboxylic acids is 2. The van der Waals surface area contributed by atoms with E-state index in [1.54, 1.807) is 0 Å². The summed E-state index contributed by atoms with van der Waals surface area (Å²) in [6, 6.07) is 20.5. The number of ether oxygens (including phenoxy) is 1. The van der Waals surface area contributed by atoms with E-state index in [0.717, 1.165) is 22.3 Å². The fourth-order valence-corrected chi connectivity index (χ4v) is 4.49. The van der Waals surface area contributed by atoms with Gasteiger partial charge in [0.15, 0.2) is 5.78 Å². The molecule has 2 unspecified atom stereocenters. The summed E-state index contributed by atoms with van der Waals surface area (Å²) in [6.07, 6.45) is -3.27. The van der Waals surface area contributed by atoms with Crippen LogP contribution in [0.3, 0.4) is 0 Å². The molecule has 1 aliphatic carbocycles. The van der Waals surface area contributed by atoms with Crippen LogP contribution in [-0.2, 0) is 4.74 Å². The molecule has 0 heterocycles. The number of aliphatic hydroxyl groups is 2. The number of alkyl carbamates (subject to hydrolysis) is 1. The van der Waals surface area contributed by atoms with Crippen molar-refractivity contribution < 1.29 is 24.5 Å². The number of rotatable bonds is 7. The van der Waals surface area contributed by atoms with Crippen LogP contribution in [0.2, 0.25) is 5.02 Å². The molecule has 3 aromatic rings. The summed E-state index contributed by atoms with van der Waals surface area (Å²) in [5.74, 6) is -0.265. The van der Waals surface area contributed by atoms with Gasteiger partial charge >= 0.3 is 6.09 Å². The van der Waals surface area contributed by atoms with Crippen LogP contribution in [0.25, 0.3) is 11.1 Å². The van der Waals surface area contributed by atoms with Crippen LogP contribution in [0, 0.1) is 0 Å². The van der Waals surface area contributed by atoms with Crippen molar-refractivity contribution >= 4 is 23.5 Å². The minimum atomic E-state index is -1.29. The topological polar surface area (TPSA) is 95.9 Å². The Labute approximate surface area is 196 Å². The lowest BCUT2D eigenvalue weighted by Gasteiger charge is -2.20. The van der Waals surface area contributed by atoms with Gasteiger partial charge in [0, 0.05) is 18.0 Å². The average molecular weight is 466 g/mol. The maximum Gasteiger partial charge on any atom is 0.407 e. The van der Waals surface area contributed by atoms with Crippen molar-refractivity contribution in [3.05, 3.63) is 94.0 Å². The first kappa shape index (κ1) is 23.0. The first-order valence-corrected chi connectivity index (χ1v) is 11.0. The van der Waals surface area contributed by atoms with Crippen LogP contribution in [0.15, 0.2) is 66.7 Å². The molecule has 1 aliphatic rings. The van der Waals surface area contributed by atoms with Crippen molar-refractivity contribution in [2.75, 3.05) is 13.2 Å². The Kier molecular flexibility index (Phi) is 6.79. The molecule has 7 heteroatoms. The van der Waals surface area contributed by atoms with E-state index in [4.69, 9.17) is 16.3 Å². The van der Waals surface area contributed by atoms with E-state index in [0.29, 0.717) is 11.1 Å². The Morgan fingerprint density at radius 3 is 2.18 bits per heavy atom. The van der Waals surface area contributed by atoms with Gasteiger partial charge in [-0.2, -0.15) is 0 Å². The van der Waals surface area contributed by atoms with Crippen LogP contribution in [-0.4, -0.2) is 41.3 Å². The Morgan fingerprint density at radius 1 is 1.00 bits per heavy atom. The molecule has 6 nitrogen and oxygen atoms in total. The zero-order chi connectivity index (χ0) is 23.5. The monoisotopic (exact) mass is 465 g/mol. The number of carbonyl (C=O) groups is 2. The summed E-state index contributed by atoms with van der Waals surface area (Å²) in [4.78, 5) is 23.8. The summed E-state index contributed by atoms with van der Waals surface area (Å²) in [5, 5.41) is 23.4. The van der Waals surface area contributed by atoms with Gasteiger partial charge in [-0.15, -0.1) is 0 Å². The number of benzene rings is 3. The summed E-state index contributed by atoms with van der Waals surface area (Å²) >= 11 is 6.07. The Hall–Kier alpha value is -3.19. The smallest absolute Gasteiger partial charge is 0.407 e. The van der Waals surface area contributed by atoms with Gasteiger partial charge in [0.25, 0.3) is 0 Å². The van der Waals surface area contributed by atoms with Crippen molar-refractivity contribution in [1.82, 2.24) is 5.32 Å². The number of halogens is 1. The lowest BCUT2D eigenvalue weighted by molar-refractivity contribution is 0.0185. The fourth-order valence-electron chi connectivity index (χ4n) is 4.17. The molecule has 3 aromatic carbocycles. The van der Waals surface area contributed by atoms with Gasteiger partial charge in [-0.3, -0.25) is 4.79 Å². The number of aliphatic hydroxyl groups excluding tert-OH is 2. The molecule has 0 bridgehead atoms. The number of nitrogens with one attached hydrogen (secondary N) is 1. The van der Waals surface area contributed by atoms with Gasteiger partial charge in [0.2, 0.25) is 0 Å². The van der Waals surface area contributed by atoms with Crippen molar-refractivity contribution in [2.24, 2.45) is 0 Å². The van der Waals surface area contributed by atoms with Crippen molar-refractivity contribution in [1.29, 1.82) is 0 Å². The Balaban J connectivity index is 1.34. The molecule has 2 atom stereocenters. The lowest BCUT2D eigenvalue weighted by atomic mass is 9.98. The third kappa shape index (κ3) is 4.78. The normalized spacial score (nSPS) is 14.2. The third-order valence-electron chi connectivity index (χ3n) is 5.88. The molecular weight excluding hydrogens is 442 g/mol. The summed E-state index contributed by atoms with van der Waals surface area (Å²) in [6.45, 7) is 1.33. The third-order valence-corrected chi connectivity index (χ3v) is 6.19. The zero-order valence-electron chi connectivity index (χ0n) is 18.0. The van der Waals surface area contributed by atoms with Crippen LogP contribution in [0.4, 0.5) is 4.79 Å². The molecule has 3 N–H and O–H groups in total. The molecule has 0 aliphatic heterocycles. The van der Waals surface area contributed by atoms with Crippen LogP contribution >= 0.6 is 11.6 Å². The minimum absolute atomic E-state index is 0.0689. The van der Waals surface area contributed by atoms with Crippen LogP contribution in [0.5, 0.6) is 0 Å². The van der Waals surface area contributed by atoms with E-state index in [1.807, 2.05) is 36.4 Å². The number of hydrogen-bond acceptors (Lipinski definition) is 5. The second-order valence-corrected chi connectivity index (χ2v) is 8.42. The molecular formula is C26H24ClNO5. The molecule has 0 fully saturated rings. The fraction of sp³-hybridized carbons (Fsp3) is 0.231. The average Bonchev–Trinajstić information content (AvgIpc) is 3.14. The molecule has 0 spiro atoms. The molecule has 4 rings (SSSR count). The number of ketones is 1. The van der Waals surface area contributed by atoms with Crippen LogP contribution in [0.1, 0.15) is 46.0 Å². The van der Waals surface area contributed by atoms with E-state index in [2.05, 4.69) is 17.4 Å². The minimum Gasteiger partial charge on any atom is -0.449 e. The Bertz CT molecular complexity index is 1150. The highest BCUT2D eigenvalue weighted by molar-refractivity contribution is 6.33. The predicted molar refractivity (Wildman–Crippen MR) is 125 cm³/mol. The molecule has 0 saturated carbocycles. The largest absolute Gasteiger partial charge is 0.449 e. The first-order valence-electron chi connectivity index (χ1n) is 10.6. The van der Waals surface area contributed by atoms with E-state index in [-0.39, 0.29) is 29.9 Å². The lowest BCUT2D eigenvalue weighted by Crippen LogP contribution is -2.36. The van der Waals surface area contributed by atoms with Gasteiger partial charge in [0.1, 0.15) is 18.8 Å². The first-order chi connectivity index (χ1) is 15.9. The standard InChI is InChI=1S/C26H24ClNO5/c1-15(29)17-11-10-16(12-23(17)27)25(31)24(30)13-28-26(32)33-14-22-20-8-4-2-6-18(20)19-7-3-5-9-21(19)22/h2-12,22,24-25,30-31H,13-14H2,1H3,(H,28,32). The molecule has 33 heavy (non-hydrogen) atoms. The molecule has 170 valence electrons. The van der Waals surface area contributed by atoms with Gasteiger partial charge in [-0.05, 0) is 46.9 Å². The van der Waals surface area contributed by atoms with Gasteiger partial charge in [0.05, 0.1) is 5.02 Å². The van der Waals surface area contributed by atoms with Gasteiger partial charge in [-0.1, -0.05) is 66.2 Å². The van der Waals surface area contributed by atoms with Gasteiger partial charge < -0.3 is 20.3 Å². The van der Waals surface area contributed by atoms with Crippen LogP contribution < -0.4 is 5.32 Å². The second kappa shape index (κ2) is 9.75. The molecule has 0 saturated heterocycles. The highest BCUT2D eigenvalue weighted by Gasteiger charge is 2.29. The predicted octanol–water partition coefficient (Wildman–Crippen LogP) is 4.48. The SMILES string of the molecule is CC(=O)c1ccc(C(O)C(O)CNC(=O)OCC2c3ccccc3-c3ccccc32)cc1Cl. The van der Waals surface area contributed by atoms with Crippen molar-refractivity contribution in [2.45, 2.75) is 25.0 Å². The molecule has 0 aromatic heterocycles. The summed E-state index contributed by atoms with van der Waals surface area (Å²) in [5.41, 5.74) is 5.15. The highest BCUT2D eigenvalue weighted by atomic mass is 35.5. The maximum absolute atomic E-state index is 12.3. The molecule has 0 radical (unpaired) electrons. The Morgan fingerprint density at radius 2 is 1.61 bits per heavy atom. The van der Waals surface area contributed by atoms with E-state index < -0.39 is 18.3 Å². The van der Waals surface area contributed by atoms with E-state index in [1.165, 1.54) is 25.1 Å². The second-order valence-electron chi connectivity index (χ2n) is 8.01. The quantitative estimate of drug-likeness (QED) is 0.447.